The minimum absolute atomic E-state index is 0.303. The smallest absolute Gasteiger partial charge is 0.222 e. The van der Waals surface area contributed by atoms with Crippen LogP contribution in [0, 0.1) is 5.92 Å². The second-order valence-corrected chi connectivity index (χ2v) is 5.70. The van der Waals surface area contributed by atoms with E-state index in [0.29, 0.717) is 24.8 Å². The summed E-state index contributed by atoms with van der Waals surface area (Å²) >= 11 is 1.77. The Bertz CT molecular complexity index is 350. The van der Waals surface area contributed by atoms with Gasteiger partial charge in [-0.2, -0.15) is 0 Å². The highest BCUT2D eigenvalue weighted by Crippen LogP contribution is 2.17. The van der Waals surface area contributed by atoms with E-state index in [1.54, 1.807) is 11.3 Å². The van der Waals surface area contributed by atoms with Crippen LogP contribution in [0.2, 0.25) is 0 Å². The van der Waals surface area contributed by atoms with Crippen LogP contribution in [0.1, 0.15) is 24.1 Å². The first kappa shape index (κ1) is 12.6. The molecule has 1 atom stereocenters. The molecule has 0 spiro atoms. The highest BCUT2D eigenvalue weighted by atomic mass is 32.1. The fourth-order valence-corrected chi connectivity index (χ4v) is 3.03. The maximum atomic E-state index is 11.9. The maximum Gasteiger partial charge on any atom is 0.222 e. The molecule has 1 aromatic heterocycles. The van der Waals surface area contributed by atoms with Crippen LogP contribution in [0.3, 0.4) is 0 Å². The van der Waals surface area contributed by atoms with Crippen molar-refractivity contribution in [3.8, 4) is 0 Å². The monoisotopic (exact) mass is 252 g/mol. The van der Waals surface area contributed by atoms with Gasteiger partial charge >= 0.3 is 0 Å². The SMILES string of the molecule is NCC1CCN(C(=O)CCCc2cccs2)C1. The van der Waals surface area contributed by atoms with Gasteiger partial charge in [0.15, 0.2) is 0 Å². The van der Waals surface area contributed by atoms with Crippen LogP contribution < -0.4 is 5.73 Å². The third-order valence-electron chi connectivity index (χ3n) is 3.37. The molecule has 1 saturated heterocycles. The molecule has 0 aromatic carbocycles. The lowest BCUT2D eigenvalue weighted by Gasteiger charge is -2.15. The molecule has 2 heterocycles. The van der Waals surface area contributed by atoms with Gasteiger partial charge in [0.2, 0.25) is 5.91 Å². The Morgan fingerprint density at radius 2 is 2.47 bits per heavy atom. The zero-order chi connectivity index (χ0) is 12.1. The number of nitrogens with zero attached hydrogens (tertiary/aromatic N) is 1. The number of likely N-dealkylation sites (tertiary alicyclic amines) is 1. The zero-order valence-electron chi connectivity index (χ0n) is 10.1. The van der Waals surface area contributed by atoms with Crippen molar-refractivity contribution in [3.63, 3.8) is 0 Å². The fourth-order valence-electron chi connectivity index (χ4n) is 2.28. The van der Waals surface area contributed by atoms with Gasteiger partial charge in [-0.25, -0.2) is 0 Å². The first-order valence-corrected chi connectivity index (χ1v) is 7.18. The van der Waals surface area contributed by atoms with Crippen LogP contribution in [0.4, 0.5) is 0 Å². The maximum absolute atomic E-state index is 11.9. The lowest BCUT2D eigenvalue weighted by molar-refractivity contribution is -0.130. The number of thiophene rings is 1. The average Bonchev–Trinajstić information content (AvgIpc) is 2.99. The van der Waals surface area contributed by atoms with Crippen LogP contribution in [0.25, 0.3) is 0 Å². The second kappa shape index (κ2) is 6.17. The van der Waals surface area contributed by atoms with Crippen molar-refractivity contribution >= 4 is 17.2 Å². The molecule has 0 saturated carbocycles. The Hall–Kier alpha value is -0.870. The predicted molar refractivity (Wildman–Crippen MR) is 71.0 cm³/mol. The minimum Gasteiger partial charge on any atom is -0.342 e. The van der Waals surface area contributed by atoms with Gasteiger partial charge in [-0.3, -0.25) is 4.79 Å². The topological polar surface area (TPSA) is 46.3 Å². The second-order valence-electron chi connectivity index (χ2n) is 4.66. The van der Waals surface area contributed by atoms with Crippen molar-refractivity contribution in [2.75, 3.05) is 19.6 Å². The zero-order valence-corrected chi connectivity index (χ0v) is 10.9. The summed E-state index contributed by atoms with van der Waals surface area (Å²) in [4.78, 5) is 15.3. The van der Waals surface area contributed by atoms with E-state index in [2.05, 4.69) is 17.5 Å². The molecule has 1 aliphatic heterocycles. The van der Waals surface area contributed by atoms with E-state index in [9.17, 15) is 4.79 Å². The molecule has 3 nitrogen and oxygen atoms in total. The molecule has 2 rings (SSSR count). The summed E-state index contributed by atoms with van der Waals surface area (Å²) in [5.74, 6) is 0.828. The van der Waals surface area contributed by atoms with Crippen LogP contribution in [-0.2, 0) is 11.2 Å². The van der Waals surface area contributed by atoms with Gasteiger partial charge in [0.25, 0.3) is 0 Å². The highest BCUT2D eigenvalue weighted by molar-refractivity contribution is 7.09. The van der Waals surface area contributed by atoms with E-state index in [0.717, 1.165) is 32.4 Å². The summed E-state index contributed by atoms with van der Waals surface area (Å²) in [6.45, 7) is 2.48. The van der Waals surface area contributed by atoms with Crippen molar-refractivity contribution in [2.45, 2.75) is 25.7 Å². The predicted octanol–water partition coefficient (Wildman–Crippen LogP) is 1.88. The minimum atomic E-state index is 0.303. The number of hydrogen-bond donors (Lipinski definition) is 1. The fraction of sp³-hybridized carbons (Fsp3) is 0.615. The van der Waals surface area contributed by atoms with Crippen LogP contribution >= 0.6 is 11.3 Å². The van der Waals surface area contributed by atoms with E-state index in [1.807, 2.05) is 4.90 Å². The van der Waals surface area contributed by atoms with Crippen molar-refractivity contribution in [2.24, 2.45) is 11.7 Å². The molecule has 2 N–H and O–H groups in total. The number of hydrogen-bond acceptors (Lipinski definition) is 3. The summed E-state index contributed by atoms with van der Waals surface area (Å²) in [7, 11) is 0. The molecule has 0 aliphatic carbocycles. The number of amides is 1. The lowest BCUT2D eigenvalue weighted by Crippen LogP contribution is -2.29. The summed E-state index contributed by atoms with van der Waals surface area (Å²) in [5.41, 5.74) is 5.62. The first-order valence-electron chi connectivity index (χ1n) is 6.30. The van der Waals surface area contributed by atoms with Gasteiger partial charge in [-0.15, -0.1) is 11.3 Å². The van der Waals surface area contributed by atoms with E-state index < -0.39 is 0 Å². The molecule has 1 unspecified atom stereocenters. The average molecular weight is 252 g/mol. The Morgan fingerprint density at radius 3 is 3.12 bits per heavy atom. The summed E-state index contributed by atoms with van der Waals surface area (Å²) in [6, 6.07) is 4.20. The molecule has 1 aromatic rings. The molecule has 1 fully saturated rings. The molecule has 0 bridgehead atoms. The van der Waals surface area contributed by atoms with Gasteiger partial charge in [0.1, 0.15) is 0 Å². The molecule has 1 amide bonds. The van der Waals surface area contributed by atoms with E-state index >= 15 is 0 Å². The Balaban J connectivity index is 1.67. The number of nitrogens with two attached hydrogens (primary N) is 1. The number of carbonyl (C=O) groups excluding carboxylic acids is 1. The molecular weight excluding hydrogens is 232 g/mol. The van der Waals surface area contributed by atoms with E-state index in [-0.39, 0.29) is 0 Å². The molecule has 1 aliphatic rings. The normalized spacial score (nSPS) is 19.8. The number of rotatable bonds is 5. The lowest BCUT2D eigenvalue weighted by atomic mass is 10.1. The van der Waals surface area contributed by atoms with Gasteiger partial charge in [-0.1, -0.05) is 6.07 Å². The van der Waals surface area contributed by atoms with E-state index in [1.165, 1.54) is 4.88 Å². The quantitative estimate of drug-likeness (QED) is 0.869. The molecule has 94 valence electrons. The van der Waals surface area contributed by atoms with Crippen molar-refractivity contribution < 1.29 is 4.79 Å². The van der Waals surface area contributed by atoms with Gasteiger partial charge < -0.3 is 10.6 Å². The Morgan fingerprint density at radius 1 is 1.59 bits per heavy atom. The van der Waals surface area contributed by atoms with E-state index in [4.69, 9.17) is 5.73 Å². The van der Waals surface area contributed by atoms with Crippen LogP contribution in [0.5, 0.6) is 0 Å². The van der Waals surface area contributed by atoms with Crippen LogP contribution in [-0.4, -0.2) is 30.4 Å². The first-order chi connectivity index (χ1) is 8.29. The molecule has 0 radical (unpaired) electrons. The standard InChI is InChI=1S/C13H20N2OS/c14-9-11-6-7-15(10-11)13(16)5-1-3-12-4-2-8-17-12/h2,4,8,11H,1,3,5-7,9-10,14H2. The Kier molecular flexibility index (Phi) is 4.57. The number of carbonyl (C=O) groups is 1. The third-order valence-corrected chi connectivity index (χ3v) is 4.30. The van der Waals surface area contributed by atoms with Gasteiger partial charge in [-0.05, 0) is 43.2 Å². The number of aryl methyl sites for hydroxylation is 1. The molecule has 4 heteroatoms. The molecular formula is C13H20N2OS. The van der Waals surface area contributed by atoms with Crippen molar-refractivity contribution in [3.05, 3.63) is 22.4 Å². The van der Waals surface area contributed by atoms with Crippen LogP contribution in [0.15, 0.2) is 17.5 Å². The summed E-state index contributed by atoms with van der Waals surface area (Å²) in [6.07, 6.45) is 3.74. The summed E-state index contributed by atoms with van der Waals surface area (Å²) < 4.78 is 0. The Labute approximate surface area is 107 Å². The molecule has 17 heavy (non-hydrogen) atoms. The third kappa shape index (κ3) is 3.54. The van der Waals surface area contributed by atoms with Crippen molar-refractivity contribution in [1.82, 2.24) is 4.90 Å². The highest BCUT2D eigenvalue weighted by Gasteiger charge is 2.24. The largest absolute Gasteiger partial charge is 0.342 e. The van der Waals surface area contributed by atoms with Gasteiger partial charge in [0, 0.05) is 24.4 Å². The summed E-state index contributed by atoms with van der Waals surface area (Å²) in [5, 5.41) is 2.09. The van der Waals surface area contributed by atoms with Gasteiger partial charge in [0.05, 0.1) is 0 Å². The van der Waals surface area contributed by atoms with Crippen molar-refractivity contribution in [1.29, 1.82) is 0 Å².